The second kappa shape index (κ2) is 15.3. The molecule has 1 aliphatic rings. The minimum Gasteiger partial charge on any atom is -0.480 e. The molecule has 0 heterocycles. The van der Waals surface area contributed by atoms with E-state index in [1.807, 2.05) is 109 Å². The van der Waals surface area contributed by atoms with Gasteiger partial charge in [-0.25, -0.2) is 9.59 Å². The number of hydrogen-bond donors (Lipinski definition) is 3. The SMILES string of the molecule is C[C@H](OCc1ccccc1)[C@@H](NC(=O)C(CN(C)Cc1ccccc1)NC(=O)OCC1c2ccccc2-c2ccccc21)C(=O)O. The monoisotopic (exact) mass is 621 g/mol. The summed E-state index contributed by atoms with van der Waals surface area (Å²) >= 11 is 0. The number of rotatable bonds is 14. The lowest BCUT2D eigenvalue weighted by molar-refractivity contribution is -0.146. The highest BCUT2D eigenvalue weighted by Gasteiger charge is 2.33. The van der Waals surface area contributed by atoms with E-state index >= 15 is 0 Å². The van der Waals surface area contributed by atoms with Crippen molar-refractivity contribution >= 4 is 18.0 Å². The van der Waals surface area contributed by atoms with Gasteiger partial charge in [-0.3, -0.25) is 9.69 Å². The summed E-state index contributed by atoms with van der Waals surface area (Å²) in [6.45, 7) is 2.48. The van der Waals surface area contributed by atoms with Crippen LogP contribution < -0.4 is 10.6 Å². The lowest BCUT2D eigenvalue weighted by Crippen LogP contribution is -2.57. The topological polar surface area (TPSA) is 117 Å². The molecule has 9 nitrogen and oxygen atoms in total. The fourth-order valence-corrected chi connectivity index (χ4v) is 5.78. The van der Waals surface area contributed by atoms with E-state index in [1.54, 1.807) is 6.92 Å². The van der Waals surface area contributed by atoms with Gasteiger partial charge in [0.1, 0.15) is 12.6 Å². The Morgan fingerprint density at radius 1 is 0.783 bits per heavy atom. The number of likely N-dealkylation sites (N-methyl/N-ethyl adjacent to an activating group) is 1. The third kappa shape index (κ3) is 8.18. The Morgan fingerprint density at radius 2 is 1.33 bits per heavy atom. The minimum atomic E-state index is -1.34. The smallest absolute Gasteiger partial charge is 0.407 e. The highest BCUT2D eigenvalue weighted by molar-refractivity contribution is 5.89. The molecular formula is C37H39N3O6. The average Bonchev–Trinajstić information content (AvgIpc) is 3.39. The van der Waals surface area contributed by atoms with Crippen LogP contribution in [0.25, 0.3) is 11.1 Å². The predicted octanol–water partition coefficient (Wildman–Crippen LogP) is 5.20. The third-order valence-corrected chi connectivity index (χ3v) is 8.13. The molecule has 0 fully saturated rings. The summed E-state index contributed by atoms with van der Waals surface area (Å²) in [5.41, 5.74) is 6.26. The van der Waals surface area contributed by atoms with Gasteiger partial charge in [0.05, 0.1) is 12.7 Å². The molecule has 0 saturated heterocycles. The van der Waals surface area contributed by atoms with Crippen LogP contribution >= 0.6 is 0 Å². The summed E-state index contributed by atoms with van der Waals surface area (Å²) in [6, 6.07) is 32.7. The number of ether oxygens (including phenoxy) is 2. The van der Waals surface area contributed by atoms with Crippen molar-refractivity contribution in [3.05, 3.63) is 131 Å². The highest BCUT2D eigenvalue weighted by atomic mass is 16.5. The van der Waals surface area contributed by atoms with E-state index in [9.17, 15) is 19.5 Å². The summed E-state index contributed by atoms with van der Waals surface area (Å²) in [5.74, 6) is -2.05. The molecule has 4 aromatic rings. The minimum absolute atomic E-state index is 0.0795. The van der Waals surface area contributed by atoms with Gasteiger partial charge in [0, 0.05) is 19.0 Å². The van der Waals surface area contributed by atoms with Crippen molar-refractivity contribution in [3.8, 4) is 11.1 Å². The van der Waals surface area contributed by atoms with Gasteiger partial charge >= 0.3 is 12.1 Å². The zero-order valence-corrected chi connectivity index (χ0v) is 26.0. The summed E-state index contributed by atoms with van der Waals surface area (Å²) in [4.78, 5) is 41.0. The number of carboxylic acids is 1. The van der Waals surface area contributed by atoms with E-state index < -0.39 is 36.2 Å². The summed E-state index contributed by atoms with van der Waals surface area (Å²) < 4.78 is 11.5. The van der Waals surface area contributed by atoms with Gasteiger partial charge in [-0.1, -0.05) is 109 Å². The molecule has 1 aliphatic carbocycles. The molecule has 5 rings (SSSR count). The van der Waals surface area contributed by atoms with Crippen molar-refractivity contribution in [1.82, 2.24) is 15.5 Å². The van der Waals surface area contributed by atoms with E-state index in [4.69, 9.17) is 9.47 Å². The van der Waals surface area contributed by atoms with E-state index in [2.05, 4.69) is 22.8 Å². The van der Waals surface area contributed by atoms with Crippen molar-refractivity contribution in [1.29, 1.82) is 0 Å². The molecule has 0 spiro atoms. The second-order valence-electron chi connectivity index (χ2n) is 11.5. The summed E-state index contributed by atoms with van der Waals surface area (Å²) in [5, 5.41) is 15.3. The van der Waals surface area contributed by atoms with Crippen LogP contribution in [0.15, 0.2) is 109 Å². The fraction of sp³-hybridized carbons (Fsp3) is 0.270. The molecule has 238 valence electrons. The molecule has 3 atom stereocenters. The molecular weight excluding hydrogens is 582 g/mol. The Labute approximate surface area is 269 Å². The van der Waals surface area contributed by atoms with Crippen molar-refractivity contribution in [2.75, 3.05) is 20.2 Å². The maximum Gasteiger partial charge on any atom is 0.407 e. The molecule has 0 saturated carbocycles. The molecule has 2 amide bonds. The maximum atomic E-state index is 13.6. The van der Waals surface area contributed by atoms with Crippen LogP contribution in [0, 0.1) is 0 Å². The number of fused-ring (bicyclic) bond motifs is 3. The first kappa shape index (κ1) is 32.4. The van der Waals surface area contributed by atoms with Gasteiger partial charge in [-0.05, 0) is 47.4 Å². The van der Waals surface area contributed by atoms with Crippen LogP contribution in [-0.4, -0.2) is 66.4 Å². The van der Waals surface area contributed by atoms with Crippen molar-refractivity contribution in [2.24, 2.45) is 0 Å². The third-order valence-electron chi connectivity index (χ3n) is 8.13. The first-order valence-corrected chi connectivity index (χ1v) is 15.3. The lowest BCUT2D eigenvalue weighted by atomic mass is 9.98. The number of carboxylic acid groups (broad SMARTS) is 1. The number of nitrogens with one attached hydrogen (secondary N) is 2. The zero-order valence-electron chi connectivity index (χ0n) is 26.0. The quantitative estimate of drug-likeness (QED) is 0.177. The Hall–Kier alpha value is -4.99. The Morgan fingerprint density at radius 3 is 1.91 bits per heavy atom. The largest absolute Gasteiger partial charge is 0.480 e. The molecule has 3 N–H and O–H groups in total. The van der Waals surface area contributed by atoms with Crippen LogP contribution in [0.3, 0.4) is 0 Å². The van der Waals surface area contributed by atoms with Gasteiger partial charge in [-0.15, -0.1) is 0 Å². The van der Waals surface area contributed by atoms with E-state index in [0.717, 1.165) is 33.4 Å². The number of aliphatic carboxylic acids is 1. The first-order valence-electron chi connectivity index (χ1n) is 15.3. The molecule has 0 radical (unpaired) electrons. The number of benzene rings is 4. The van der Waals surface area contributed by atoms with E-state index in [-0.39, 0.29) is 25.7 Å². The van der Waals surface area contributed by atoms with Gasteiger partial charge in [0.25, 0.3) is 0 Å². The Balaban J connectivity index is 1.26. The second-order valence-corrected chi connectivity index (χ2v) is 11.5. The number of nitrogens with zero attached hydrogens (tertiary/aromatic N) is 1. The van der Waals surface area contributed by atoms with E-state index in [0.29, 0.717) is 6.54 Å². The van der Waals surface area contributed by atoms with Gasteiger partial charge in [0.2, 0.25) is 5.91 Å². The summed E-state index contributed by atoms with van der Waals surface area (Å²) in [7, 11) is 1.83. The summed E-state index contributed by atoms with van der Waals surface area (Å²) in [6.07, 6.45) is -1.62. The fourth-order valence-electron chi connectivity index (χ4n) is 5.78. The van der Waals surface area contributed by atoms with Crippen LogP contribution in [0.1, 0.15) is 35.1 Å². The zero-order chi connectivity index (χ0) is 32.5. The number of hydrogen-bond acceptors (Lipinski definition) is 6. The van der Waals surface area contributed by atoms with Gasteiger partial charge in [-0.2, -0.15) is 0 Å². The highest BCUT2D eigenvalue weighted by Crippen LogP contribution is 2.44. The Kier molecular flexibility index (Phi) is 10.8. The van der Waals surface area contributed by atoms with Gasteiger partial charge < -0.3 is 25.2 Å². The first-order chi connectivity index (χ1) is 22.3. The van der Waals surface area contributed by atoms with Crippen LogP contribution in [0.4, 0.5) is 4.79 Å². The molecule has 0 bridgehead atoms. The van der Waals surface area contributed by atoms with Crippen molar-refractivity contribution in [2.45, 2.75) is 44.2 Å². The predicted molar refractivity (Wildman–Crippen MR) is 175 cm³/mol. The molecule has 1 unspecified atom stereocenters. The molecule has 4 aromatic carbocycles. The molecule has 0 aliphatic heterocycles. The van der Waals surface area contributed by atoms with Crippen LogP contribution in [-0.2, 0) is 32.2 Å². The number of carbonyl (C=O) groups excluding carboxylic acids is 2. The molecule has 9 heteroatoms. The lowest BCUT2D eigenvalue weighted by Gasteiger charge is -2.27. The number of carbonyl (C=O) groups is 3. The number of alkyl carbamates (subject to hydrolysis) is 1. The van der Waals surface area contributed by atoms with Crippen LogP contribution in [0.2, 0.25) is 0 Å². The van der Waals surface area contributed by atoms with Crippen molar-refractivity contribution < 1.29 is 29.0 Å². The Bertz CT molecular complexity index is 1590. The average molecular weight is 622 g/mol. The number of amides is 2. The normalized spacial score (nSPS) is 14.1. The van der Waals surface area contributed by atoms with Crippen LogP contribution in [0.5, 0.6) is 0 Å². The van der Waals surface area contributed by atoms with E-state index in [1.165, 1.54) is 0 Å². The molecule has 0 aromatic heterocycles. The van der Waals surface area contributed by atoms with Crippen molar-refractivity contribution in [3.63, 3.8) is 0 Å². The maximum absolute atomic E-state index is 13.6. The molecule has 46 heavy (non-hydrogen) atoms. The van der Waals surface area contributed by atoms with Gasteiger partial charge in [0.15, 0.2) is 6.04 Å². The standard InChI is InChI=1S/C37H39N3O6/c1-25(45-23-27-15-7-4-8-16-27)34(36(42)43)39-35(41)33(22-40(2)21-26-13-5-3-6-14-26)38-37(44)46-24-32-30-19-11-9-17-28(30)29-18-10-12-20-31(29)32/h3-20,25,32-34H,21-24H2,1-2H3,(H,38,44)(H,39,41)(H,42,43)/t25-,33?,34+/m0/s1.